The molecular formula is C19H24ClN3O6. The molecule has 9 nitrogen and oxygen atoms in total. The van der Waals surface area contributed by atoms with E-state index in [2.05, 4.69) is 10.6 Å². The number of amides is 2. The van der Waals surface area contributed by atoms with Crippen LogP contribution in [0.5, 0.6) is 0 Å². The van der Waals surface area contributed by atoms with Gasteiger partial charge in [-0.05, 0) is 43.7 Å². The Morgan fingerprint density at radius 2 is 1.90 bits per heavy atom. The lowest BCUT2D eigenvalue weighted by Crippen LogP contribution is -2.46. The number of esters is 1. The molecular weight excluding hydrogens is 402 g/mol. The van der Waals surface area contributed by atoms with Crippen LogP contribution >= 0.6 is 11.6 Å². The third kappa shape index (κ3) is 6.42. The van der Waals surface area contributed by atoms with Crippen molar-refractivity contribution in [2.24, 2.45) is 11.8 Å². The molecule has 1 unspecified atom stereocenters. The van der Waals surface area contributed by atoms with Crippen molar-refractivity contribution in [3.63, 3.8) is 0 Å². The molecule has 2 N–H and O–H groups in total. The third-order valence-electron chi connectivity index (χ3n) is 4.68. The summed E-state index contributed by atoms with van der Waals surface area (Å²) in [5.74, 6) is -1.71. The summed E-state index contributed by atoms with van der Waals surface area (Å²) in [5.41, 5.74) is -0.431. The first-order valence-corrected chi connectivity index (χ1v) is 9.68. The van der Waals surface area contributed by atoms with Crippen molar-refractivity contribution >= 4 is 35.1 Å². The Balaban J connectivity index is 1.96. The zero-order valence-electron chi connectivity index (χ0n) is 16.4. The summed E-state index contributed by atoms with van der Waals surface area (Å²) < 4.78 is 5.05. The van der Waals surface area contributed by atoms with Crippen LogP contribution in [-0.2, 0) is 14.3 Å². The number of halogens is 1. The topological polar surface area (TPSA) is 128 Å². The van der Waals surface area contributed by atoms with E-state index in [1.54, 1.807) is 13.8 Å². The highest BCUT2D eigenvalue weighted by Gasteiger charge is 2.30. The van der Waals surface area contributed by atoms with E-state index in [9.17, 15) is 24.5 Å². The predicted molar refractivity (Wildman–Crippen MR) is 105 cm³/mol. The van der Waals surface area contributed by atoms with Gasteiger partial charge in [0.25, 0.3) is 17.5 Å². The number of hydrogen-bond donors (Lipinski definition) is 2. The number of rotatable bonds is 9. The maximum atomic E-state index is 12.5. The number of nitro benzene ring substituents is 1. The maximum Gasteiger partial charge on any atom is 0.329 e. The van der Waals surface area contributed by atoms with Crippen molar-refractivity contribution in [3.8, 4) is 0 Å². The summed E-state index contributed by atoms with van der Waals surface area (Å²) >= 11 is 5.75. The second-order valence-corrected chi connectivity index (χ2v) is 7.83. The van der Waals surface area contributed by atoms with Crippen molar-refractivity contribution in [3.05, 3.63) is 38.9 Å². The number of benzene rings is 1. The normalized spacial score (nSPS) is 15.3. The fraction of sp³-hybridized carbons (Fsp3) is 0.526. The zero-order chi connectivity index (χ0) is 21.7. The molecule has 0 saturated heterocycles. The van der Waals surface area contributed by atoms with Crippen molar-refractivity contribution in [1.29, 1.82) is 0 Å². The van der Waals surface area contributed by atoms with Gasteiger partial charge in [-0.2, -0.15) is 0 Å². The molecule has 0 spiro atoms. The number of ether oxygens (including phenoxy) is 1. The average molecular weight is 426 g/mol. The van der Waals surface area contributed by atoms with Crippen LogP contribution in [0.1, 0.15) is 44.0 Å². The summed E-state index contributed by atoms with van der Waals surface area (Å²) in [7, 11) is 0. The van der Waals surface area contributed by atoms with Crippen molar-refractivity contribution in [2.75, 3.05) is 6.61 Å². The molecule has 0 aliphatic heterocycles. The van der Waals surface area contributed by atoms with Crippen LogP contribution in [0.15, 0.2) is 18.2 Å². The molecule has 0 aromatic heterocycles. The quantitative estimate of drug-likeness (QED) is 0.355. The molecule has 2 amide bonds. The first kappa shape index (κ1) is 22.6. The molecule has 29 heavy (non-hydrogen) atoms. The highest BCUT2D eigenvalue weighted by molar-refractivity contribution is 6.32. The van der Waals surface area contributed by atoms with E-state index < -0.39 is 41.0 Å². The van der Waals surface area contributed by atoms with Gasteiger partial charge in [-0.15, -0.1) is 0 Å². The fourth-order valence-electron chi connectivity index (χ4n) is 2.75. The number of carbonyl (C=O) groups excluding carboxylic acids is 3. The molecule has 1 saturated carbocycles. The molecule has 1 aromatic rings. The minimum atomic E-state index is -1.02. The maximum absolute atomic E-state index is 12.5. The van der Waals surface area contributed by atoms with E-state index in [1.807, 2.05) is 6.92 Å². The van der Waals surface area contributed by atoms with E-state index in [1.165, 1.54) is 12.1 Å². The van der Waals surface area contributed by atoms with Gasteiger partial charge < -0.3 is 15.4 Å². The van der Waals surface area contributed by atoms with Gasteiger partial charge in [0, 0.05) is 17.7 Å². The van der Waals surface area contributed by atoms with Crippen LogP contribution in [0, 0.1) is 22.0 Å². The van der Waals surface area contributed by atoms with Gasteiger partial charge in [0.1, 0.15) is 11.1 Å². The largest absolute Gasteiger partial charge is 0.454 e. The van der Waals surface area contributed by atoms with Gasteiger partial charge in [-0.25, -0.2) is 4.79 Å². The lowest BCUT2D eigenvalue weighted by atomic mass is 10.0. The van der Waals surface area contributed by atoms with E-state index in [4.69, 9.17) is 16.3 Å². The van der Waals surface area contributed by atoms with Gasteiger partial charge in [0.05, 0.1) is 4.92 Å². The first-order chi connectivity index (χ1) is 13.6. The number of nitrogens with one attached hydrogen (secondary N) is 2. The summed E-state index contributed by atoms with van der Waals surface area (Å²) in [6.07, 6.45) is 2.15. The van der Waals surface area contributed by atoms with Crippen molar-refractivity contribution in [2.45, 2.75) is 45.7 Å². The van der Waals surface area contributed by atoms with E-state index in [-0.39, 0.29) is 22.5 Å². The summed E-state index contributed by atoms with van der Waals surface area (Å²) in [6.45, 7) is 4.86. The molecule has 0 radical (unpaired) electrons. The van der Waals surface area contributed by atoms with Crippen LogP contribution in [0.4, 0.5) is 5.69 Å². The fourth-order valence-corrected chi connectivity index (χ4v) is 2.94. The monoisotopic (exact) mass is 425 g/mol. The summed E-state index contributed by atoms with van der Waals surface area (Å²) in [4.78, 5) is 47.0. The SMILES string of the molecule is CC(NC(=O)COC(=O)[C@@H](NC(=O)c1ccc(Cl)c([N+](=O)[O-])c1)C(C)C)C1CC1. The predicted octanol–water partition coefficient (Wildman–Crippen LogP) is 2.46. The van der Waals surface area contributed by atoms with Gasteiger partial charge in [0.15, 0.2) is 6.61 Å². The van der Waals surface area contributed by atoms with Crippen molar-refractivity contribution < 1.29 is 24.0 Å². The highest BCUT2D eigenvalue weighted by atomic mass is 35.5. The Kier molecular flexibility index (Phi) is 7.55. The number of nitrogens with zero attached hydrogens (tertiary/aromatic N) is 1. The molecule has 1 fully saturated rings. The van der Waals surface area contributed by atoms with E-state index in [0.717, 1.165) is 18.9 Å². The lowest BCUT2D eigenvalue weighted by Gasteiger charge is -2.21. The van der Waals surface area contributed by atoms with Crippen LogP contribution in [0.2, 0.25) is 5.02 Å². The summed E-state index contributed by atoms with van der Waals surface area (Å²) in [5, 5.41) is 16.2. The molecule has 1 aromatic carbocycles. The number of nitro groups is 1. The summed E-state index contributed by atoms with van der Waals surface area (Å²) in [6, 6.07) is 2.60. The van der Waals surface area contributed by atoms with Crippen molar-refractivity contribution in [1.82, 2.24) is 10.6 Å². The minimum absolute atomic E-state index is 0.0180. The van der Waals surface area contributed by atoms with Crippen LogP contribution in [-0.4, -0.2) is 41.4 Å². The Morgan fingerprint density at radius 1 is 1.24 bits per heavy atom. The molecule has 0 bridgehead atoms. The van der Waals surface area contributed by atoms with Gasteiger partial charge >= 0.3 is 5.97 Å². The molecule has 10 heteroatoms. The molecule has 2 atom stereocenters. The molecule has 158 valence electrons. The second kappa shape index (κ2) is 9.69. The molecule has 2 rings (SSSR count). The Morgan fingerprint density at radius 3 is 2.45 bits per heavy atom. The van der Waals surface area contributed by atoms with Crippen LogP contribution < -0.4 is 10.6 Å². The smallest absolute Gasteiger partial charge is 0.329 e. The van der Waals surface area contributed by atoms with Crippen LogP contribution in [0.3, 0.4) is 0 Å². The number of hydrogen-bond acceptors (Lipinski definition) is 6. The second-order valence-electron chi connectivity index (χ2n) is 7.42. The van der Waals surface area contributed by atoms with E-state index in [0.29, 0.717) is 5.92 Å². The Hall–Kier alpha value is -2.68. The number of carbonyl (C=O) groups is 3. The van der Waals surface area contributed by atoms with Gasteiger partial charge in [-0.3, -0.25) is 19.7 Å². The third-order valence-corrected chi connectivity index (χ3v) is 5.00. The first-order valence-electron chi connectivity index (χ1n) is 9.31. The molecule has 1 aliphatic carbocycles. The van der Waals surface area contributed by atoms with Crippen LogP contribution in [0.25, 0.3) is 0 Å². The standard InChI is InChI=1S/C19H24ClN3O6/c1-10(2)17(19(26)29-9-16(24)21-11(3)12-4-5-12)22-18(25)13-6-7-14(20)15(8-13)23(27)28/h6-8,10-12,17H,4-5,9H2,1-3H3,(H,21,24)(H,22,25)/t11?,17-/m0/s1. The Bertz CT molecular complexity index is 809. The molecule has 1 aliphatic rings. The average Bonchev–Trinajstić information content (AvgIpc) is 3.49. The lowest BCUT2D eigenvalue weighted by molar-refractivity contribution is -0.384. The van der Waals surface area contributed by atoms with Gasteiger partial charge in [-0.1, -0.05) is 25.4 Å². The zero-order valence-corrected chi connectivity index (χ0v) is 17.2. The minimum Gasteiger partial charge on any atom is -0.454 e. The Labute approximate surface area is 173 Å². The van der Waals surface area contributed by atoms with Gasteiger partial charge in [0.2, 0.25) is 0 Å². The van der Waals surface area contributed by atoms with E-state index >= 15 is 0 Å². The highest BCUT2D eigenvalue weighted by Crippen LogP contribution is 2.32. The molecule has 0 heterocycles.